The molecule has 3 aromatic rings. The third-order valence-corrected chi connectivity index (χ3v) is 5.56. The van der Waals surface area contributed by atoms with E-state index in [1.54, 1.807) is 0 Å². The average Bonchev–Trinajstić information content (AvgIpc) is 3.00. The number of nitrogens with two attached hydrogens (primary N) is 1. The summed E-state index contributed by atoms with van der Waals surface area (Å²) in [6.07, 6.45) is 6.90. The zero-order valence-corrected chi connectivity index (χ0v) is 17.1. The lowest BCUT2D eigenvalue weighted by Crippen LogP contribution is -1.99. The highest BCUT2D eigenvalue weighted by Crippen LogP contribution is 2.34. The topological polar surface area (TPSA) is 41.8 Å². The van der Waals surface area contributed by atoms with E-state index in [4.69, 9.17) is 5.73 Å². The molecule has 0 unspecified atom stereocenters. The van der Waals surface area contributed by atoms with E-state index >= 15 is 0 Å². The summed E-state index contributed by atoms with van der Waals surface area (Å²) in [5, 5.41) is 1.39. The van der Waals surface area contributed by atoms with Crippen molar-refractivity contribution in [2.75, 3.05) is 6.54 Å². The van der Waals surface area contributed by atoms with Gasteiger partial charge in [-0.1, -0.05) is 43.7 Å². The summed E-state index contributed by atoms with van der Waals surface area (Å²) < 4.78 is 1.27. The molecule has 25 heavy (non-hydrogen) atoms. The van der Waals surface area contributed by atoms with Crippen molar-refractivity contribution < 1.29 is 0 Å². The standard InChI is InChI=1S/C22H27IN2/c1-2-3-7-16-8-6-10-20-19(9-4-5-15-24)22(25-21(16)20)17-11-13-18(23)14-12-17/h6,8,10-14,25H,2-5,7,9,15,24H2,1H3. The predicted molar refractivity (Wildman–Crippen MR) is 117 cm³/mol. The first-order chi connectivity index (χ1) is 12.2. The van der Waals surface area contributed by atoms with Crippen molar-refractivity contribution >= 4 is 33.5 Å². The van der Waals surface area contributed by atoms with Gasteiger partial charge in [0.05, 0.1) is 0 Å². The number of hydrogen-bond donors (Lipinski definition) is 2. The first-order valence-corrected chi connectivity index (χ1v) is 10.4. The summed E-state index contributed by atoms with van der Waals surface area (Å²) in [6.45, 7) is 3.02. The number of nitrogens with one attached hydrogen (secondary N) is 1. The van der Waals surface area contributed by atoms with Gasteiger partial charge in [-0.05, 0) is 90.1 Å². The van der Waals surface area contributed by atoms with Gasteiger partial charge >= 0.3 is 0 Å². The Hall–Kier alpha value is -1.33. The van der Waals surface area contributed by atoms with Crippen LogP contribution in [0, 0.1) is 3.57 Å². The highest BCUT2D eigenvalue weighted by Gasteiger charge is 2.15. The molecule has 0 radical (unpaired) electrons. The van der Waals surface area contributed by atoms with E-state index in [0.717, 1.165) is 32.2 Å². The Morgan fingerprint density at radius 3 is 2.48 bits per heavy atom. The van der Waals surface area contributed by atoms with Gasteiger partial charge in [0.25, 0.3) is 0 Å². The van der Waals surface area contributed by atoms with E-state index in [1.807, 2.05) is 0 Å². The molecule has 0 spiro atoms. The molecule has 0 aliphatic heterocycles. The second-order valence-corrected chi connectivity index (χ2v) is 7.92. The highest BCUT2D eigenvalue weighted by atomic mass is 127. The third-order valence-electron chi connectivity index (χ3n) is 4.84. The van der Waals surface area contributed by atoms with Gasteiger partial charge in [0.1, 0.15) is 0 Å². The number of aryl methyl sites for hydroxylation is 2. The molecule has 0 bridgehead atoms. The summed E-state index contributed by atoms with van der Waals surface area (Å²) in [5.41, 5.74) is 12.5. The Balaban J connectivity index is 2.09. The maximum Gasteiger partial charge on any atom is 0.0497 e. The van der Waals surface area contributed by atoms with Gasteiger partial charge in [-0.3, -0.25) is 0 Å². The van der Waals surface area contributed by atoms with Gasteiger partial charge in [0.15, 0.2) is 0 Å². The average molecular weight is 446 g/mol. The molecule has 0 saturated heterocycles. The van der Waals surface area contributed by atoms with Crippen LogP contribution in [0.25, 0.3) is 22.2 Å². The SMILES string of the molecule is CCCCc1cccc2c(CCCCN)c(-c3ccc(I)cc3)[nH]c12. The van der Waals surface area contributed by atoms with E-state index in [0.29, 0.717) is 0 Å². The summed E-state index contributed by atoms with van der Waals surface area (Å²) >= 11 is 2.36. The molecule has 132 valence electrons. The number of aromatic nitrogens is 1. The van der Waals surface area contributed by atoms with Gasteiger partial charge in [-0.2, -0.15) is 0 Å². The second kappa shape index (κ2) is 8.86. The quantitative estimate of drug-likeness (QED) is 0.320. The second-order valence-electron chi connectivity index (χ2n) is 6.67. The minimum absolute atomic E-state index is 0.767. The van der Waals surface area contributed by atoms with Crippen LogP contribution in [0.15, 0.2) is 42.5 Å². The Morgan fingerprint density at radius 2 is 1.76 bits per heavy atom. The van der Waals surface area contributed by atoms with Gasteiger partial charge in [-0.15, -0.1) is 0 Å². The lowest BCUT2D eigenvalue weighted by Gasteiger charge is -2.05. The number of halogens is 1. The Bertz CT molecular complexity index is 818. The molecular formula is C22H27IN2. The summed E-state index contributed by atoms with van der Waals surface area (Å²) in [4.78, 5) is 3.77. The molecule has 3 N–H and O–H groups in total. The minimum Gasteiger partial charge on any atom is -0.354 e. The van der Waals surface area contributed by atoms with Crippen LogP contribution in [-0.4, -0.2) is 11.5 Å². The molecule has 3 rings (SSSR count). The largest absolute Gasteiger partial charge is 0.354 e. The number of fused-ring (bicyclic) bond motifs is 1. The van der Waals surface area contributed by atoms with Crippen molar-refractivity contribution in [3.8, 4) is 11.3 Å². The van der Waals surface area contributed by atoms with Crippen molar-refractivity contribution in [3.63, 3.8) is 0 Å². The molecule has 0 aliphatic rings. The molecule has 0 fully saturated rings. The number of rotatable bonds is 8. The van der Waals surface area contributed by atoms with Gasteiger partial charge in [0.2, 0.25) is 0 Å². The molecule has 0 amide bonds. The number of H-pyrrole nitrogens is 1. The van der Waals surface area contributed by atoms with E-state index in [2.05, 4.69) is 77.0 Å². The van der Waals surface area contributed by atoms with Crippen LogP contribution in [0.4, 0.5) is 0 Å². The van der Waals surface area contributed by atoms with Crippen LogP contribution >= 0.6 is 22.6 Å². The molecule has 0 saturated carbocycles. The van der Waals surface area contributed by atoms with Crippen molar-refractivity contribution in [3.05, 3.63) is 57.2 Å². The molecule has 0 aliphatic carbocycles. The van der Waals surface area contributed by atoms with Crippen LogP contribution < -0.4 is 5.73 Å². The van der Waals surface area contributed by atoms with Crippen molar-refractivity contribution in [1.82, 2.24) is 4.98 Å². The number of para-hydroxylation sites is 1. The number of aromatic amines is 1. The fourth-order valence-electron chi connectivity index (χ4n) is 3.48. The van der Waals surface area contributed by atoms with Gasteiger partial charge in [-0.25, -0.2) is 0 Å². The zero-order valence-electron chi connectivity index (χ0n) is 14.9. The van der Waals surface area contributed by atoms with Crippen LogP contribution in [0.5, 0.6) is 0 Å². The number of unbranched alkanes of at least 4 members (excludes halogenated alkanes) is 2. The van der Waals surface area contributed by atoms with Crippen molar-refractivity contribution in [2.45, 2.75) is 45.4 Å². The van der Waals surface area contributed by atoms with Crippen LogP contribution in [-0.2, 0) is 12.8 Å². The van der Waals surface area contributed by atoms with Gasteiger partial charge < -0.3 is 10.7 Å². The summed E-state index contributed by atoms with van der Waals surface area (Å²) in [5.74, 6) is 0. The van der Waals surface area contributed by atoms with Crippen LogP contribution in [0.1, 0.15) is 43.7 Å². The normalized spacial score (nSPS) is 11.3. The van der Waals surface area contributed by atoms with E-state index in [1.165, 1.54) is 49.7 Å². The molecule has 2 nitrogen and oxygen atoms in total. The molecule has 1 heterocycles. The molecular weight excluding hydrogens is 419 g/mol. The highest BCUT2D eigenvalue weighted by molar-refractivity contribution is 14.1. The summed E-state index contributed by atoms with van der Waals surface area (Å²) in [7, 11) is 0. The maximum absolute atomic E-state index is 5.72. The lowest BCUT2D eigenvalue weighted by molar-refractivity contribution is 0.748. The van der Waals surface area contributed by atoms with Crippen LogP contribution in [0.3, 0.4) is 0 Å². The van der Waals surface area contributed by atoms with Crippen molar-refractivity contribution in [1.29, 1.82) is 0 Å². The van der Waals surface area contributed by atoms with E-state index < -0.39 is 0 Å². The zero-order chi connectivity index (χ0) is 17.6. The number of hydrogen-bond acceptors (Lipinski definition) is 1. The van der Waals surface area contributed by atoms with E-state index in [-0.39, 0.29) is 0 Å². The Kier molecular flexibility index (Phi) is 6.54. The first kappa shape index (κ1) is 18.5. The Labute approximate surface area is 164 Å². The van der Waals surface area contributed by atoms with E-state index in [9.17, 15) is 0 Å². The molecule has 1 aromatic heterocycles. The fourth-order valence-corrected chi connectivity index (χ4v) is 3.84. The Morgan fingerprint density at radius 1 is 0.960 bits per heavy atom. The molecule has 3 heteroatoms. The maximum atomic E-state index is 5.72. The first-order valence-electron chi connectivity index (χ1n) is 9.33. The monoisotopic (exact) mass is 446 g/mol. The van der Waals surface area contributed by atoms with Crippen molar-refractivity contribution in [2.24, 2.45) is 5.73 Å². The summed E-state index contributed by atoms with van der Waals surface area (Å²) in [6, 6.07) is 15.6. The third kappa shape index (κ3) is 4.26. The molecule has 0 atom stereocenters. The minimum atomic E-state index is 0.767. The predicted octanol–water partition coefficient (Wildman–Crippen LogP) is 6.06. The van der Waals surface area contributed by atoms with Gasteiger partial charge in [0, 0.05) is 20.2 Å². The van der Waals surface area contributed by atoms with Crippen LogP contribution in [0.2, 0.25) is 0 Å². The lowest BCUT2D eigenvalue weighted by atomic mass is 9.98. The smallest absolute Gasteiger partial charge is 0.0497 e. The molecule has 2 aromatic carbocycles. The fraction of sp³-hybridized carbons (Fsp3) is 0.364. The number of benzene rings is 2.